The fraction of sp³-hybridized carbons (Fsp3) is 0.190. The SMILES string of the molecule is O=C1c2ccccc2N[C@@H](c2ccc(-c3ccc(F)cc3)o2)N1C1CC1. The molecular weight excluding hydrogens is 331 g/mol. The third-order valence-corrected chi connectivity index (χ3v) is 4.93. The second-order valence-corrected chi connectivity index (χ2v) is 6.74. The van der Waals surface area contributed by atoms with Crippen molar-refractivity contribution in [2.45, 2.75) is 25.0 Å². The summed E-state index contributed by atoms with van der Waals surface area (Å²) in [5.41, 5.74) is 2.32. The van der Waals surface area contributed by atoms with Crippen LogP contribution < -0.4 is 5.32 Å². The largest absolute Gasteiger partial charge is 0.457 e. The van der Waals surface area contributed by atoms with E-state index in [1.54, 1.807) is 12.1 Å². The smallest absolute Gasteiger partial charge is 0.258 e. The third-order valence-electron chi connectivity index (χ3n) is 4.93. The molecule has 0 saturated heterocycles. The van der Waals surface area contributed by atoms with Gasteiger partial charge in [-0.2, -0.15) is 0 Å². The zero-order valence-electron chi connectivity index (χ0n) is 14.0. The highest BCUT2D eigenvalue weighted by atomic mass is 19.1. The minimum Gasteiger partial charge on any atom is -0.457 e. The molecule has 4 nitrogen and oxygen atoms in total. The van der Waals surface area contributed by atoms with Crippen LogP contribution >= 0.6 is 0 Å². The molecule has 26 heavy (non-hydrogen) atoms. The van der Waals surface area contributed by atoms with Crippen LogP contribution in [0.2, 0.25) is 0 Å². The summed E-state index contributed by atoms with van der Waals surface area (Å²) in [6.07, 6.45) is 1.69. The first kappa shape index (κ1) is 15.2. The van der Waals surface area contributed by atoms with Crippen molar-refractivity contribution in [2.24, 2.45) is 0 Å². The molecule has 1 N–H and O–H groups in total. The Balaban J connectivity index is 1.52. The van der Waals surface area contributed by atoms with Crippen molar-refractivity contribution in [2.75, 3.05) is 5.32 Å². The molecule has 5 rings (SSSR count). The summed E-state index contributed by atoms with van der Waals surface area (Å²) in [4.78, 5) is 14.9. The second kappa shape index (κ2) is 5.73. The van der Waals surface area contributed by atoms with E-state index >= 15 is 0 Å². The van der Waals surface area contributed by atoms with Crippen molar-refractivity contribution in [3.8, 4) is 11.3 Å². The van der Waals surface area contributed by atoms with Gasteiger partial charge in [-0.3, -0.25) is 4.79 Å². The number of hydrogen-bond acceptors (Lipinski definition) is 3. The lowest BCUT2D eigenvalue weighted by Gasteiger charge is -2.37. The van der Waals surface area contributed by atoms with Gasteiger partial charge in [0.25, 0.3) is 5.91 Å². The number of nitrogens with one attached hydrogen (secondary N) is 1. The number of nitrogens with zero attached hydrogens (tertiary/aromatic N) is 1. The summed E-state index contributed by atoms with van der Waals surface area (Å²) in [6.45, 7) is 0. The summed E-state index contributed by atoms with van der Waals surface area (Å²) in [5.74, 6) is 1.09. The molecule has 1 amide bonds. The van der Waals surface area contributed by atoms with Crippen LogP contribution in [0.3, 0.4) is 0 Å². The lowest BCUT2D eigenvalue weighted by Crippen LogP contribution is -2.44. The number of carbonyl (C=O) groups excluding carboxylic acids is 1. The molecule has 3 aromatic rings. The molecule has 1 aliphatic heterocycles. The average molecular weight is 348 g/mol. The average Bonchev–Trinajstić information content (AvgIpc) is 3.38. The van der Waals surface area contributed by atoms with Gasteiger partial charge >= 0.3 is 0 Å². The summed E-state index contributed by atoms with van der Waals surface area (Å²) in [5, 5.41) is 3.44. The first-order valence-corrected chi connectivity index (χ1v) is 8.74. The van der Waals surface area contributed by atoms with Gasteiger partial charge in [-0.25, -0.2) is 4.39 Å². The van der Waals surface area contributed by atoms with Gasteiger partial charge in [0.15, 0.2) is 6.17 Å². The summed E-state index contributed by atoms with van der Waals surface area (Å²) < 4.78 is 19.2. The zero-order valence-corrected chi connectivity index (χ0v) is 14.0. The Hall–Kier alpha value is -3.08. The molecule has 2 heterocycles. The van der Waals surface area contributed by atoms with Crippen LogP contribution in [0.5, 0.6) is 0 Å². The van der Waals surface area contributed by atoms with Crippen molar-refractivity contribution >= 4 is 11.6 Å². The van der Waals surface area contributed by atoms with E-state index in [1.165, 1.54) is 12.1 Å². The van der Waals surface area contributed by atoms with E-state index in [9.17, 15) is 9.18 Å². The zero-order chi connectivity index (χ0) is 17.7. The van der Waals surface area contributed by atoms with Crippen LogP contribution in [0.25, 0.3) is 11.3 Å². The lowest BCUT2D eigenvalue weighted by atomic mass is 10.1. The quantitative estimate of drug-likeness (QED) is 0.738. The van der Waals surface area contributed by atoms with Gasteiger partial charge in [0.1, 0.15) is 17.3 Å². The Bertz CT molecular complexity index is 976. The Morgan fingerprint density at radius 3 is 2.54 bits per heavy atom. The molecule has 1 aromatic heterocycles. The predicted octanol–water partition coefficient (Wildman–Crippen LogP) is 4.81. The van der Waals surface area contributed by atoms with Gasteiger partial charge in [-0.05, 0) is 61.4 Å². The molecule has 1 aliphatic carbocycles. The monoisotopic (exact) mass is 348 g/mol. The van der Waals surface area contributed by atoms with E-state index in [1.807, 2.05) is 41.3 Å². The molecular formula is C21H17FN2O2. The van der Waals surface area contributed by atoms with Crippen LogP contribution in [0.4, 0.5) is 10.1 Å². The molecule has 0 radical (unpaired) electrons. The first-order valence-electron chi connectivity index (χ1n) is 8.74. The number of fused-ring (bicyclic) bond motifs is 1. The molecule has 0 unspecified atom stereocenters. The normalized spacial score (nSPS) is 19.2. The number of amides is 1. The Kier molecular flexibility index (Phi) is 3.35. The number of hydrogen-bond donors (Lipinski definition) is 1. The molecule has 2 aliphatic rings. The van der Waals surface area contributed by atoms with E-state index in [4.69, 9.17) is 4.42 Å². The number of carbonyl (C=O) groups is 1. The van der Waals surface area contributed by atoms with Gasteiger partial charge in [-0.1, -0.05) is 12.1 Å². The minimum absolute atomic E-state index is 0.0339. The standard InChI is InChI=1S/C21H17FN2O2/c22-14-7-5-13(6-8-14)18-11-12-19(26-18)20-23-17-4-2-1-3-16(17)21(25)24(20)15-9-10-15/h1-8,11-12,15,20,23H,9-10H2/t20-/m1/s1. The van der Waals surface area contributed by atoms with Crippen LogP contribution in [0.1, 0.15) is 35.1 Å². The Morgan fingerprint density at radius 1 is 1.00 bits per heavy atom. The number of benzene rings is 2. The highest BCUT2D eigenvalue weighted by Gasteiger charge is 2.43. The van der Waals surface area contributed by atoms with Crippen LogP contribution in [0.15, 0.2) is 65.1 Å². The highest BCUT2D eigenvalue weighted by molar-refractivity contribution is 6.02. The Labute approximate surface area is 150 Å². The van der Waals surface area contributed by atoms with Crippen LogP contribution in [-0.4, -0.2) is 16.8 Å². The highest BCUT2D eigenvalue weighted by Crippen LogP contribution is 2.41. The van der Waals surface area contributed by atoms with Crippen LogP contribution in [0, 0.1) is 5.82 Å². The van der Waals surface area contributed by atoms with E-state index in [0.29, 0.717) is 17.1 Å². The summed E-state index contributed by atoms with van der Waals surface area (Å²) in [7, 11) is 0. The first-order chi connectivity index (χ1) is 12.7. The summed E-state index contributed by atoms with van der Waals surface area (Å²) in [6, 6.07) is 17.7. The fourth-order valence-corrected chi connectivity index (χ4v) is 3.48. The van der Waals surface area contributed by atoms with Crippen molar-refractivity contribution in [3.63, 3.8) is 0 Å². The van der Waals surface area contributed by atoms with E-state index in [0.717, 1.165) is 24.1 Å². The number of rotatable bonds is 3. The maximum Gasteiger partial charge on any atom is 0.258 e. The van der Waals surface area contributed by atoms with Crippen molar-refractivity contribution in [3.05, 3.63) is 77.8 Å². The molecule has 130 valence electrons. The second-order valence-electron chi connectivity index (χ2n) is 6.74. The molecule has 5 heteroatoms. The molecule has 1 saturated carbocycles. The van der Waals surface area contributed by atoms with Crippen molar-refractivity contribution in [1.82, 2.24) is 4.90 Å². The molecule has 1 fully saturated rings. The minimum atomic E-state index is -0.334. The third kappa shape index (κ3) is 2.47. The Morgan fingerprint density at radius 2 is 1.77 bits per heavy atom. The molecule has 1 atom stereocenters. The predicted molar refractivity (Wildman–Crippen MR) is 96.1 cm³/mol. The number of furan rings is 1. The van der Waals surface area contributed by atoms with E-state index in [-0.39, 0.29) is 23.9 Å². The van der Waals surface area contributed by atoms with Gasteiger partial charge in [0, 0.05) is 17.3 Å². The summed E-state index contributed by atoms with van der Waals surface area (Å²) >= 11 is 0. The van der Waals surface area contributed by atoms with Crippen LogP contribution in [-0.2, 0) is 0 Å². The van der Waals surface area contributed by atoms with Crippen molar-refractivity contribution in [1.29, 1.82) is 0 Å². The van der Waals surface area contributed by atoms with E-state index in [2.05, 4.69) is 5.32 Å². The van der Waals surface area contributed by atoms with Gasteiger partial charge < -0.3 is 14.6 Å². The van der Waals surface area contributed by atoms with Gasteiger partial charge in [0.05, 0.1) is 5.56 Å². The maximum atomic E-state index is 13.1. The molecule has 2 aromatic carbocycles. The van der Waals surface area contributed by atoms with Gasteiger partial charge in [-0.15, -0.1) is 0 Å². The van der Waals surface area contributed by atoms with E-state index < -0.39 is 0 Å². The topological polar surface area (TPSA) is 45.5 Å². The fourth-order valence-electron chi connectivity index (χ4n) is 3.48. The molecule has 0 bridgehead atoms. The number of para-hydroxylation sites is 1. The molecule has 0 spiro atoms. The maximum absolute atomic E-state index is 13.1. The number of halogens is 1. The van der Waals surface area contributed by atoms with Gasteiger partial charge in [0.2, 0.25) is 0 Å². The lowest BCUT2D eigenvalue weighted by molar-refractivity contribution is 0.0646. The van der Waals surface area contributed by atoms with Crippen molar-refractivity contribution < 1.29 is 13.6 Å². The number of anilines is 1.